The fraction of sp³-hybridized carbons (Fsp3) is 0.182. The van der Waals surface area contributed by atoms with E-state index in [4.69, 9.17) is 17.3 Å². The molecule has 0 saturated carbocycles. The molecule has 1 aromatic carbocycles. The first kappa shape index (κ1) is 14.5. The lowest BCUT2D eigenvalue weighted by atomic mass is 10.3. The zero-order chi connectivity index (χ0) is 13.5. The lowest BCUT2D eigenvalue weighted by Gasteiger charge is -2.05. The Morgan fingerprint density at radius 3 is 2.56 bits per heavy atom. The average molecular weight is 284 g/mol. The predicted molar refractivity (Wildman–Crippen MR) is 77.6 cm³/mol. The van der Waals surface area contributed by atoms with Gasteiger partial charge in [0, 0.05) is 10.6 Å². The summed E-state index contributed by atoms with van der Waals surface area (Å²) in [5.41, 5.74) is 6.24. The predicted octanol–water partition coefficient (Wildman–Crippen LogP) is 3.17. The Morgan fingerprint density at radius 1 is 1.22 bits per heavy atom. The van der Waals surface area contributed by atoms with Gasteiger partial charge in [-0.15, -0.1) is 12.6 Å². The number of halogens is 1. The van der Waals surface area contributed by atoms with Gasteiger partial charge < -0.3 is 11.1 Å². The van der Waals surface area contributed by atoms with Crippen LogP contribution in [0, 0.1) is 0 Å². The third-order valence-electron chi connectivity index (χ3n) is 1.73. The van der Waals surface area contributed by atoms with Gasteiger partial charge in [-0.1, -0.05) is 19.9 Å². The Morgan fingerprint density at radius 2 is 1.94 bits per heavy atom. The van der Waals surface area contributed by atoms with Crippen LogP contribution in [-0.4, -0.2) is 15.0 Å². The van der Waals surface area contributed by atoms with Gasteiger partial charge in [0.05, 0.1) is 0 Å². The second kappa shape index (κ2) is 7.03. The second-order valence-electron chi connectivity index (χ2n) is 2.96. The van der Waals surface area contributed by atoms with Crippen LogP contribution in [0.2, 0.25) is 5.28 Å². The second-order valence-corrected chi connectivity index (χ2v) is 3.82. The maximum Gasteiger partial charge on any atom is 0.233 e. The number of aromatic nitrogens is 3. The number of nitrogens with two attached hydrogens (primary N) is 1. The van der Waals surface area contributed by atoms with E-state index in [1.807, 2.05) is 38.1 Å². The number of hydrogen-bond acceptors (Lipinski definition) is 6. The number of nitrogens with zero attached hydrogens (tertiary/aromatic N) is 3. The van der Waals surface area contributed by atoms with Gasteiger partial charge in [-0.05, 0) is 29.8 Å². The molecule has 0 aliphatic heterocycles. The Hall–Kier alpha value is -1.53. The molecule has 96 valence electrons. The van der Waals surface area contributed by atoms with Crippen molar-refractivity contribution in [1.82, 2.24) is 15.0 Å². The van der Waals surface area contributed by atoms with Gasteiger partial charge in [0.2, 0.25) is 17.2 Å². The van der Waals surface area contributed by atoms with E-state index in [9.17, 15) is 0 Å². The Kier molecular flexibility index (Phi) is 5.67. The summed E-state index contributed by atoms with van der Waals surface area (Å²) in [6, 6.07) is 7.41. The van der Waals surface area contributed by atoms with Gasteiger partial charge in [-0.25, -0.2) is 0 Å². The quantitative estimate of drug-likeness (QED) is 0.738. The molecule has 2 rings (SSSR count). The summed E-state index contributed by atoms with van der Waals surface area (Å²) >= 11 is 9.87. The standard InChI is InChI=1S/C9H8ClN5S.C2H6/c10-7-13-8(11)15-9(14-7)12-5-2-1-3-6(16)4-5;1-2/h1-4,16H,(H3,11,12,13,14,15);1-2H3. The maximum absolute atomic E-state index is 5.65. The molecule has 0 unspecified atom stereocenters. The van der Waals surface area contributed by atoms with Crippen LogP contribution in [0.5, 0.6) is 0 Å². The van der Waals surface area contributed by atoms with Crippen molar-refractivity contribution in [3.8, 4) is 0 Å². The molecular weight excluding hydrogens is 270 g/mol. The van der Waals surface area contributed by atoms with Crippen molar-refractivity contribution < 1.29 is 0 Å². The van der Waals surface area contributed by atoms with E-state index in [0.717, 1.165) is 10.6 Å². The highest BCUT2D eigenvalue weighted by Gasteiger charge is 2.02. The SMILES string of the molecule is CC.Nc1nc(Cl)nc(Nc2cccc(S)c2)n1. The number of hydrogen-bond donors (Lipinski definition) is 3. The van der Waals surface area contributed by atoms with Crippen molar-refractivity contribution in [2.45, 2.75) is 18.7 Å². The van der Waals surface area contributed by atoms with Crippen LogP contribution in [0.4, 0.5) is 17.6 Å². The van der Waals surface area contributed by atoms with E-state index < -0.39 is 0 Å². The highest BCUT2D eigenvalue weighted by atomic mass is 35.5. The summed E-state index contributed by atoms with van der Waals surface area (Å²) in [5, 5.41) is 3.00. The van der Waals surface area contributed by atoms with Crippen LogP contribution < -0.4 is 11.1 Å². The minimum Gasteiger partial charge on any atom is -0.368 e. The normalized spacial score (nSPS) is 9.33. The van der Waals surface area contributed by atoms with Crippen molar-refractivity contribution in [2.24, 2.45) is 0 Å². The van der Waals surface area contributed by atoms with Crippen LogP contribution in [0.15, 0.2) is 29.2 Å². The molecule has 3 N–H and O–H groups in total. The van der Waals surface area contributed by atoms with Crippen LogP contribution in [-0.2, 0) is 0 Å². The van der Waals surface area contributed by atoms with Crippen LogP contribution in [0.1, 0.15) is 13.8 Å². The molecule has 0 spiro atoms. The van der Waals surface area contributed by atoms with Crippen LogP contribution >= 0.6 is 24.2 Å². The number of nitrogens with one attached hydrogen (secondary N) is 1. The molecular formula is C11H14ClN5S. The van der Waals surface area contributed by atoms with Crippen molar-refractivity contribution in [3.63, 3.8) is 0 Å². The minimum atomic E-state index is 0.0528. The largest absolute Gasteiger partial charge is 0.368 e. The topological polar surface area (TPSA) is 76.7 Å². The lowest BCUT2D eigenvalue weighted by Crippen LogP contribution is -2.03. The summed E-state index contributed by atoms with van der Waals surface area (Å²) in [5.74, 6) is 0.376. The van der Waals surface area contributed by atoms with E-state index in [2.05, 4.69) is 32.9 Å². The first-order chi connectivity index (χ1) is 8.63. The summed E-state index contributed by atoms with van der Waals surface area (Å²) in [6.07, 6.45) is 0. The molecule has 2 aromatic rings. The molecule has 0 aliphatic rings. The molecule has 0 amide bonds. The molecule has 1 heterocycles. The molecule has 0 atom stereocenters. The molecule has 1 aromatic heterocycles. The number of nitrogen functional groups attached to an aromatic ring is 1. The van der Waals surface area contributed by atoms with Crippen LogP contribution in [0.25, 0.3) is 0 Å². The number of rotatable bonds is 2. The van der Waals surface area contributed by atoms with Gasteiger partial charge in [-0.2, -0.15) is 15.0 Å². The summed E-state index contributed by atoms with van der Waals surface area (Å²) in [6.45, 7) is 4.00. The van der Waals surface area contributed by atoms with Gasteiger partial charge in [-0.3, -0.25) is 0 Å². The highest BCUT2D eigenvalue weighted by molar-refractivity contribution is 7.80. The van der Waals surface area contributed by atoms with Gasteiger partial charge in [0.15, 0.2) is 0 Å². The molecule has 0 bridgehead atoms. The van der Waals surface area contributed by atoms with E-state index in [-0.39, 0.29) is 11.2 Å². The number of anilines is 3. The van der Waals surface area contributed by atoms with Gasteiger partial charge in [0.25, 0.3) is 0 Å². The zero-order valence-corrected chi connectivity index (χ0v) is 11.7. The summed E-state index contributed by atoms with van der Waals surface area (Å²) in [7, 11) is 0. The fourth-order valence-electron chi connectivity index (χ4n) is 1.13. The monoisotopic (exact) mass is 283 g/mol. The summed E-state index contributed by atoms with van der Waals surface area (Å²) in [4.78, 5) is 12.3. The van der Waals surface area contributed by atoms with Gasteiger partial charge in [0.1, 0.15) is 0 Å². The summed E-state index contributed by atoms with van der Waals surface area (Å²) < 4.78 is 0. The molecule has 5 nitrogen and oxygen atoms in total. The van der Waals surface area contributed by atoms with Crippen LogP contribution in [0.3, 0.4) is 0 Å². The Labute approximate surface area is 116 Å². The van der Waals surface area contributed by atoms with Crippen molar-refractivity contribution in [3.05, 3.63) is 29.5 Å². The van der Waals surface area contributed by atoms with Crippen molar-refractivity contribution in [1.29, 1.82) is 0 Å². The lowest BCUT2D eigenvalue weighted by molar-refractivity contribution is 1.07. The van der Waals surface area contributed by atoms with Crippen molar-refractivity contribution in [2.75, 3.05) is 11.1 Å². The average Bonchev–Trinajstić information content (AvgIpc) is 2.30. The smallest absolute Gasteiger partial charge is 0.233 e. The molecule has 0 radical (unpaired) electrons. The molecule has 0 saturated heterocycles. The number of thiol groups is 1. The third kappa shape index (κ3) is 4.38. The first-order valence-electron chi connectivity index (χ1n) is 5.36. The highest BCUT2D eigenvalue weighted by Crippen LogP contribution is 2.17. The number of benzene rings is 1. The molecule has 7 heteroatoms. The Balaban J connectivity index is 0.000000771. The first-order valence-corrected chi connectivity index (χ1v) is 6.19. The van der Waals surface area contributed by atoms with Crippen molar-refractivity contribution >= 4 is 41.8 Å². The Bertz CT molecular complexity index is 500. The van der Waals surface area contributed by atoms with E-state index in [1.54, 1.807) is 0 Å². The fourth-order valence-corrected chi connectivity index (χ4v) is 1.53. The maximum atomic E-state index is 5.65. The molecule has 0 fully saturated rings. The minimum absolute atomic E-state index is 0.0528. The van der Waals surface area contributed by atoms with E-state index in [0.29, 0.717) is 5.95 Å². The van der Waals surface area contributed by atoms with E-state index >= 15 is 0 Å². The van der Waals surface area contributed by atoms with E-state index in [1.165, 1.54) is 0 Å². The van der Waals surface area contributed by atoms with Gasteiger partial charge >= 0.3 is 0 Å². The molecule has 18 heavy (non-hydrogen) atoms. The zero-order valence-electron chi connectivity index (χ0n) is 10.1. The third-order valence-corrected chi connectivity index (χ3v) is 2.17. The molecule has 0 aliphatic carbocycles.